The van der Waals surface area contributed by atoms with E-state index in [0.29, 0.717) is 0 Å². The first-order valence-electron chi connectivity index (χ1n) is 5.31. The molecule has 84 valence electrons. The van der Waals surface area contributed by atoms with Crippen LogP contribution in [0.25, 0.3) is 5.57 Å². The van der Waals surface area contributed by atoms with Crippen molar-refractivity contribution in [1.82, 2.24) is 0 Å². The van der Waals surface area contributed by atoms with Crippen LogP contribution in [0.1, 0.15) is 24.0 Å². The molecule has 3 nitrogen and oxygen atoms in total. The molecule has 0 saturated carbocycles. The van der Waals surface area contributed by atoms with E-state index in [9.17, 15) is 4.79 Å². The van der Waals surface area contributed by atoms with E-state index >= 15 is 0 Å². The van der Waals surface area contributed by atoms with Crippen molar-refractivity contribution >= 4 is 11.5 Å². The maximum Gasteiger partial charge on any atom is 0.328 e. The number of carboxylic acid groups (broad SMARTS) is 1. The summed E-state index contributed by atoms with van der Waals surface area (Å²) in [4.78, 5) is 10.7. The Morgan fingerprint density at radius 3 is 2.94 bits per heavy atom. The van der Waals surface area contributed by atoms with Crippen molar-refractivity contribution in [2.24, 2.45) is 0 Å². The normalized spacial score (nSPS) is 16.9. The van der Waals surface area contributed by atoms with Gasteiger partial charge in [-0.25, -0.2) is 4.79 Å². The predicted molar refractivity (Wildman–Crippen MR) is 61.5 cm³/mol. The summed E-state index contributed by atoms with van der Waals surface area (Å²) in [5.74, 6) is -0.0472. The van der Waals surface area contributed by atoms with Crippen LogP contribution in [0.2, 0.25) is 0 Å². The zero-order valence-electron chi connectivity index (χ0n) is 9.19. The first-order valence-corrected chi connectivity index (χ1v) is 5.31. The molecule has 0 amide bonds. The van der Waals surface area contributed by atoms with Gasteiger partial charge < -0.3 is 9.84 Å². The van der Waals surface area contributed by atoms with Crippen LogP contribution in [0.4, 0.5) is 0 Å². The minimum absolute atomic E-state index is 0.829. The number of aliphatic carboxylic acids is 1. The third-order valence-corrected chi connectivity index (χ3v) is 2.85. The molecular formula is C13H14O3. The summed E-state index contributed by atoms with van der Waals surface area (Å²) >= 11 is 0. The smallest absolute Gasteiger partial charge is 0.328 e. The molecule has 1 aromatic rings. The molecule has 1 aliphatic carbocycles. The third kappa shape index (κ3) is 2.08. The van der Waals surface area contributed by atoms with Gasteiger partial charge in [-0.3, -0.25) is 0 Å². The van der Waals surface area contributed by atoms with Gasteiger partial charge in [-0.1, -0.05) is 6.07 Å². The van der Waals surface area contributed by atoms with Crippen LogP contribution in [0.5, 0.6) is 5.75 Å². The Labute approximate surface area is 94.4 Å². The highest BCUT2D eigenvalue weighted by atomic mass is 16.5. The van der Waals surface area contributed by atoms with Crippen molar-refractivity contribution in [3.05, 3.63) is 35.4 Å². The molecule has 0 atom stereocenters. The molecular weight excluding hydrogens is 204 g/mol. The molecule has 3 heteroatoms. The van der Waals surface area contributed by atoms with E-state index in [1.165, 1.54) is 11.6 Å². The zero-order chi connectivity index (χ0) is 11.5. The van der Waals surface area contributed by atoms with Crippen LogP contribution in [0.15, 0.2) is 24.3 Å². The number of ether oxygens (including phenoxy) is 1. The largest absolute Gasteiger partial charge is 0.497 e. The monoisotopic (exact) mass is 218 g/mol. The van der Waals surface area contributed by atoms with E-state index in [0.717, 1.165) is 36.1 Å². The van der Waals surface area contributed by atoms with Crippen molar-refractivity contribution < 1.29 is 14.6 Å². The second-order valence-corrected chi connectivity index (χ2v) is 3.88. The fourth-order valence-electron chi connectivity index (χ4n) is 2.12. The van der Waals surface area contributed by atoms with Gasteiger partial charge in [0.05, 0.1) is 7.11 Å². The number of carboxylic acids is 1. The highest BCUT2D eigenvalue weighted by Crippen LogP contribution is 2.32. The van der Waals surface area contributed by atoms with Crippen molar-refractivity contribution in [1.29, 1.82) is 0 Å². The summed E-state index contributed by atoms with van der Waals surface area (Å²) in [7, 11) is 1.64. The Bertz CT molecular complexity index is 446. The zero-order valence-corrected chi connectivity index (χ0v) is 9.19. The van der Waals surface area contributed by atoms with Crippen LogP contribution in [0, 0.1) is 0 Å². The standard InChI is InChI=1S/C13H14O3/c1-16-11-5-6-12-9(7-11)3-2-4-10(12)8-13(14)15/h5-8H,2-4H2,1H3,(H,14,15). The predicted octanol–water partition coefficient (Wildman–Crippen LogP) is 2.50. The molecule has 0 spiro atoms. The van der Waals surface area contributed by atoms with E-state index in [2.05, 4.69) is 0 Å². The van der Waals surface area contributed by atoms with Crippen molar-refractivity contribution in [3.63, 3.8) is 0 Å². The second kappa shape index (κ2) is 4.39. The fourth-order valence-corrected chi connectivity index (χ4v) is 2.12. The first kappa shape index (κ1) is 10.7. The number of hydrogen-bond donors (Lipinski definition) is 1. The summed E-state index contributed by atoms with van der Waals surface area (Å²) in [6.07, 6.45) is 4.14. The van der Waals surface area contributed by atoms with Crippen LogP contribution >= 0.6 is 0 Å². The highest BCUT2D eigenvalue weighted by Gasteiger charge is 2.15. The molecule has 16 heavy (non-hydrogen) atoms. The maximum absolute atomic E-state index is 10.7. The molecule has 1 aliphatic rings. The molecule has 1 N–H and O–H groups in total. The molecule has 0 bridgehead atoms. The number of carbonyl (C=O) groups is 1. The van der Waals surface area contributed by atoms with Gasteiger partial charge in [0.1, 0.15) is 5.75 Å². The number of fused-ring (bicyclic) bond motifs is 1. The fraction of sp³-hybridized carbons (Fsp3) is 0.308. The number of hydrogen-bond acceptors (Lipinski definition) is 2. The lowest BCUT2D eigenvalue weighted by Crippen LogP contribution is -2.04. The van der Waals surface area contributed by atoms with E-state index in [-0.39, 0.29) is 0 Å². The minimum Gasteiger partial charge on any atom is -0.497 e. The quantitative estimate of drug-likeness (QED) is 0.776. The van der Waals surface area contributed by atoms with Gasteiger partial charge in [-0.2, -0.15) is 0 Å². The van der Waals surface area contributed by atoms with Gasteiger partial charge in [0.15, 0.2) is 0 Å². The lowest BCUT2D eigenvalue weighted by atomic mass is 9.87. The van der Waals surface area contributed by atoms with Crippen LogP contribution in [-0.2, 0) is 11.2 Å². The molecule has 0 saturated heterocycles. The third-order valence-electron chi connectivity index (χ3n) is 2.85. The van der Waals surface area contributed by atoms with Gasteiger partial charge in [-0.05, 0) is 48.1 Å². The van der Waals surface area contributed by atoms with E-state index in [1.54, 1.807) is 7.11 Å². The van der Waals surface area contributed by atoms with Crippen molar-refractivity contribution in [3.8, 4) is 5.75 Å². The van der Waals surface area contributed by atoms with Crippen LogP contribution in [0.3, 0.4) is 0 Å². The lowest BCUT2D eigenvalue weighted by molar-refractivity contribution is -0.131. The maximum atomic E-state index is 10.7. The number of benzene rings is 1. The molecule has 0 radical (unpaired) electrons. The van der Waals surface area contributed by atoms with E-state index in [4.69, 9.17) is 9.84 Å². The summed E-state index contributed by atoms with van der Waals surface area (Å²) in [6.45, 7) is 0. The number of allylic oxidation sites excluding steroid dienone is 1. The summed E-state index contributed by atoms with van der Waals surface area (Å²) in [6, 6.07) is 5.81. The highest BCUT2D eigenvalue weighted by molar-refractivity contribution is 5.91. The van der Waals surface area contributed by atoms with E-state index in [1.807, 2.05) is 18.2 Å². The number of methoxy groups -OCH3 is 1. The number of rotatable bonds is 2. The van der Waals surface area contributed by atoms with Crippen molar-refractivity contribution in [2.75, 3.05) is 7.11 Å². The molecule has 0 aliphatic heterocycles. The van der Waals surface area contributed by atoms with Crippen molar-refractivity contribution in [2.45, 2.75) is 19.3 Å². The minimum atomic E-state index is -0.876. The molecule has 2 rings (SSSR count). The van der Waals surface area contributed by atoms with Gasteiger partial charge in [0.25, 0.3) is 0 Å². The average molecular weight is 218 g/mol. The number of aryl methyl sites for hydroxylation is 1. The Hall–Kier alpha value is -1.77. The molecule has 0 heterocycles. The lowest BCUT2D eigenvalue weighted by Gasteiger charge is -2.19. The average Bonchev–Trinajstić information content (AvgIpc) is 2.28. The van der Waals surface area contributed by atoms with Crippen LogP contribution < -0.4 is 4.74 Å². The van der Waals surface area contributed by atoms with Gasteiger partial charge in [-0.15, -0.1) is 0 Å². The van der Waals surface area contributed by atoms with Gasteiger partial charge >= 0.3 is 5.97 Å². The summed E-state index contributed by atoms with van der Waals surface area (Å²) in [5, 5.41) is 8.79. The Kier molecular flexibility index (Phi) is 2.95. The van der Waals surface area contributed by atoms with Gasteiger partial charge in [0, 0.05) is 6.08 Å². The first-order chi connectivity index (χ1) is 7.70. The van der Waals surface area contributed by atoms with E-state index < -0.39 is 5.97 Å². The Morgan fingerprint density at radius 1 is 1.44 bits per heavy atom. The second-order valence-electron chi connectivity index (χ2n) is 3.88. The molecule has 0 fully saturated rings. The topological polar surface area (TPSA) is 46.5 Å². The molecule has 1 aromatic carbocycles. The van der Waals surface area contributed by atoms with Gasteiger partial charge in [0.2, 0.25) is 0 Å². The SMILES string of the molecule is COc1ccc2c(c1)CCCC2=CC(=O)O. The summed E-state index contributed by atoms with van der Waals surface area (Å²) in [5.41, 5.74) is 3.14. The molecule has 0 aromatic heterocycles. The Morgan fingerprint density at radius 2 is 2.25 bits per heavy atom. The summed E-state index contributed by atoms with van der Waals surface area (Å²) < 4.78 is 5.16. The van der Waals surface area contributed by atoms with Crippen LogP contribution in [-0.4, -0.2) is 18.2 Å². The molecule has 0 unspecified atom stereocenters. The Balaban J connectivity index is 2.43.